The van der Waals surface area contributed by atoms with Crippen molar-refractivity contribution >= 4 is 28.8 Å². The lowest BCUT2D eigenvalue weighted by Gasteiger charge is -2.10. The molecule has 0 saturated heterocycles. The molecule has 0 saturated carbocycles. The number of aromatic nitrogens is 1. The van der Waals surface area contributed by atoms with Gasteiger partial charge in [-0.3, -0.25) is 10.1 Å². The fourth-order valence-electron chi connectivity index (χ4n) is 2.80. The van der Waals surface area contributed by atoms with Crippen molar-refractivity contribution in [1.82, 2.24) is 15.6 Å². The van der Waals surface area contributed by atoms with Crippen molar-refractivity contribution < 1.29 is 19.1 Å². The normalized spacial score (nSPS) is 10.3. The Hall–Kier alpha value is -4.00. The summed E-state index contributed by atoms with van der Waals surface area (Å²) in [6, 6.07) is 15.9. The minimum absolute atomic E-state index is 0.212. The average Bonchev–Trinajstić information content (AvgIpc) is 2.75. The van der Waals surface area contributed by atoms with Crippen LogP contribution < -0.4 is 10.6 Å². The van der Waals surface area contributed by atoms with Gasteiger partial charge in [-0.2, -0.15) is 0 Å². The van der Waals surface area contributed by atoms with Crippen LogP contribution in [0, 0.1) is 6.92 Å². The maximum Gasteiger partial charge on any atom is 0.339 e. The summed E-state index contributed by atoms with van der Waals surface area (Å²) in [5.41, 5.74) is 3.52. The number of nitrogens with zero attached hydrogens (tertiary/aromatic N) is 1. The predicted molar refractivity (Wildman–Crippen MR) is 114 cm³/mol. The SMILES string of the molecule is C=CCNC(=O)NC(=O)COC(=O)c1cc(-c2ccc(C)cc2)nc2ccccc12. The van der Waals surface area contributed by atoms with Crippen molar-refractivity contribution in [3.05, 3.63) is 78.4 Å². The summed E-state index contributed by atoms with van der Waals surface area (Å²) in [6.07, 6.45) is 1.48. The van der Waals surface area contributed by atoms with Gasteiger partial charge >= 0.3 is 12.0 Å². The maximum absolute atomic E-state index is 12.7. The van der Waals surface area contributed by atoms with E-state index in [0.29, 0.717) is 22.2 Å². The van der Waals surface area contributed by atoms with Gasteiger partial charge in [0.25, 0.3) is 5.91 Å². The Bertz CT molecular complexity index is 1110. The molecule has 7 heteroatoms. The van der Waals surface area contributed by atoms with Crippen LogP contribution in [0.15, 0.2) is 67.3 Å². The lowest BCUT2D eigenvalue weighted by atomic mass is 10.0. The van der Waals surface area contributed by atoms with Gasteiger partial charge in [-0.15, -0.1) is 6.58 Å². The van der Waals surface area contributed by atoms with Gasteiger partial charge in [0.05, 0.1) is 16.8 Å². The number of hydrogen-bond acceptors (Lipinski definition) is 5. The number of aryl methyl sites for hydroxylation is 1. The fraction of sp³-hybridized carbons (Fsp3) is 0.130. The zero-order chi connectivity index (χ0) is 21.5. The van der Waals surface area contributed by atoms with E-state index in [1.807, 2.05) is 37.3 Å². The van der Waals surface area contributed by atoms with E-state index in [1.165, 1.54) is 6.08 Å². The molecule has 0 atom stereocenters. The van der Waals surface area contributed by atoms with Gasteiger partial charge in [0, 0.05) is 17.5 Å². The van der Waals surface area contributed by atoms with Gasteiger partial charge in [0.15, 0.2) is 6.61 Å². The molecule has 3 rings (SSSR count). The van der Waals surface area contributed by atoms with Gasteiger partial charge < -0.3 is 10.1 Å². The first kappa shape index (κ1) is 20.7. The number of carbonyl (C=O) groups excluding carboxylic acids is 3. The topological polar surface area (TPSA) is 97.4 Å². The average molecular weight is 403 g/mol. The summed E-state index contributed by atoms with van der Waals surface area (Å²) in [5.74, 6) is -1.41. The number of ether oxygens (including phenoxy) is 1. The Kier molecular flexibility index (Phi) is 6.54. The Labute approximate surface area is 173 Å². The highest BCUT2D eigenvalue weighted by molar-refractivity contribution is 6.05. The molecule has 2 aromatic carbocycles. The van der Waals surface area contributed by atoms with Crippen molar-refractivity contribution in [2.45, 2.75) is 6.92 Å². The molecule has 0 bridgehead atoms. The van der Waals surface area contributed by atoms with Crippen LogP contribution in [0.5, 0.6) is 0 Å². The monoisotopic (exact) mass is 403 g/mol. The van der Waals surface area contributed by atoms with Crippen molar-refractivity contribution in [1.29, 1.82) is 0 Å². The van der Waals surface area contributed by atoms with Crippen LogP contribution in [0.1, 0.15) is 15.9 Å². The van der Waals surface area contributed by atoms with E-state index in [9.17, 15) is 14.4 Å². The molecule has 30 heavy (non-hydrogen) atoms. The van der Waals surface area contributed by atoms with Gasteiger partial charge in [-0.05, 0) is 19.1 Å². The number of rotatable bonds is 6. The highest BCUT2D eigenvalue weighted by Crippen LogP contribution is 2.25. The van der Waals surface area contributed by atoms with E-state index in [4.69, 9.17) is 4.74 Å². The van der Waals surface area contributed by atoms with Crippen LogP contribution in [0.3, 0.4) is 0 Å². The third-order valence-electron chi connectivity index (χ3n) is 4.28. The lowest BCUT2D eigenvalue weighted by molar-refractivity contribution is -0.123. The number of fused-ring (bicyclic) bond motifs is 1. The number of nitrogens with one attached hydrogen (secondary N) is 2. The van der Waals surface area contributed by atoms with Crippen molar-refractivity contribution in [3.63, 3.8) is 0 Å². The molecule has 3 aromatic rings. The first-order valence-corrected chi connectivity index (χ1v) is 9.30. The summed E-state index contributed by atoms with van der Waals surface area (Å²) in [7, 11) is 0. The zero-order valence-corrected chi connectivity index (χ0v) is 16.5. The van der Waals surface area contributed by atoms with E-state index in [2.05, 4.69) is 22.2 Å². The molecule has 2 N–H and O–H groups in total. The predicted octanol–water partition coefficient (Wildman–Crippen LogP) is 3.38. The van der Waals surface area contributed by atoms with Crippen LogP contribution in [-0.4, -0.2) is 36.0 Å². The van der Waals surface area contributed by atoms with Crippen molar-refractivity contribution in [2.75, 3.05) is 13.2 Å². The standard InChI is InChI=1S/C23H21N3O4/c1-3-12-24-23(29)26-21(27)14-30-22(28)18-13-20(16-10-8-15(2)9-11-16)25-19-7-5-4-6-17(18)19/h3-11,13H,1,12,14H2,2H3,(H2,24,26,27,29). The van der Waals surface area contributed by atoms with E-state index in [1.54, 1.807) is 24.3 Å². The molecule has 152 valence electrons. The number of pyridine rings is 1. The molecule has 0 unspecified atom stereocenters. The molecule has 1 aromatic heterocycles. The summed E-state index contributed by atoms with van der Waals surface area (Å²) < 4.78 is 5.13. The highest BCUT2D eigenvalue weighted by atomic mass is 16.5. The number of carbonyl (C=O) groups is 3. The van der Waals surface area contributed by atoms with Gasteiger partial charge in [0.1, 0.15) is 0 Å². The lowest BCUT2D eigenvalue weighted by Crippen LogP contribution is -2.41. The molecule has 7 nitrogen and oxygen atoms in total. The number of hydrogen-bond donors (Lipinski definition) is 2. The second kappa shape index (κ2) is 9.47. The molecular formula is C23H21N3O4. The van der Waals surface area contributed by atoms with Crippen LogP contribution in [0.4, 0.5) is 4.79 Å². The minimum atomic E-state index is -0.734. The quantitative estimate of drug-likeness (QED) is 0.486. The first-order valence-electron chi connectivity index (χ1n) is 9.30. The largest absolute Gasteiger partial charge is 0.452 e. The molecular weight excluding hydrogens is 382 g/mol. The van der Waals surface area contributed by atoms with Crippen LogP contribution >= 0.6 is 0 Å². The molecule has 0 aliphatic carbocycles. The minimum Gasteiger partial charge on any atom is -0.452 e. The molecule has 0 radical (unpaired) electrons. The fourth-order valence-corrected chi connectivity index (χ4v) is 2.80. The molecule has 0 fully saturated rings. The third kappa shape index (κ3) is 5.08. The van der Waals surface area contributed by atoms with E-state index in [-0.39, 0.29) is 6.54 Å². The molecule has 0 aliphatic rings. The van der Waals surface area contributed by atoms with Crippen LogP contribution in [-0.2, 0) is 9.53 Å². The van der Waals surface area contributed by atoms with E-state index < -0.39 is 24.5 Å². The van der Waals surface area contributed by atoms with Crippen LogP contribution in [0.25, 0.3) is 22.2 Å². The number of para-hydroxylation sites is 1. The Balaban J connectivity index is 1.81. The third-order valence-corrected chi connectivity index (χ3v) is 4.28. The Morgan fingerprint density at radius 2 is 1.83 bits per heavy atom. The second-order valence-corrected chi connectivity index (χ2v) is 6.56. The summed E-state index contributed by atoms with van der Waals surface area (Å²) in [5, 5.41) is 5.09. The Morgan fingerprint density at radius 1 is 1.10 bits per heavy atom. The van der Waals surface area contributed by atoms with Gasteiger partial charge in [-0.1, -0.05) is 54.1 Å². The second-order valence-electron chi connectivity index (χ2n) is 6.56. The molecule has 0 spiro atoms. The molecule has 0 aliphatic heterocycles. The number of esters is 1. The maximum atomic E-state index is 12.7. The number of benzene rings is 2. The molecule has 3 amide bonds. The molecule has 1 heterocycles. The number of urea groups is 1. The van der Waals surface area contributed by atoms with Gasteiger partial charge in [0.2, 0.25) is 0 Å². The van der Waals surface area contributed by atoms with E-state index in [0.717, 1.165) is 11.1 Å². The summed E-state index contributed by atoms with van der Waals surface area (Å²) in [4.78, 5) is 40.7. The van der Waals surface area contributed by atoms with Crippen LogP contribution in [0.2, 0.25) is 0 Å². The number of amides is 3. The summed E-state index contributed by atoms with van der Waals surface area (Å²) in [6.45, 7) is 5.08. The van der Waals surface area contributed by atoms with Crippen molar-refractivity contribution in [2.24, 2.45) is 0 Å². The number of imide groups is 1. The first-order chi connectivity index (χ1) is 14.5. The summed E-state index contributed by atoms with van der Waals surface area (Å²) >= 11 is 0. The van der Waals surface area contributed by atoms with Gasteiger partial charge in [-0.25, -0.2) is 14.6 Å². The smallest absolute Gasteiger partial charge is 0.339 e. The van der Waals surface area contributed by atoms with Crippen molar-refractivity contribution in [3.8, 4) is 11.3 Å². The highest BCUT2D eigenvalue weighted by Gasteiger charge is 2.17. The Morgan fingerprint density at radius 3 is 2.57 bits per heavy atom. The van der Waals surface area contributed by atoms with E-state index >= 15 is 0 Å². The zero-order valence-electron chi connectivity index (χ0n) is 16.5.